The highest BCUT2D eigenvalue weighted by Gasteiger charge is 2.41. The number of hydrogen-bond acceptors (Lipinski definition) is 5. The lowest BCUT2D eigenvalue weighted by Crippen LogP contribution is -2.51. The second-order valence-corrected chi connectivity index (χ2v) is 9.53. The number of rotatable bonds is 11. The molecular formula is C17H37NO4Si. The number of aliphatic hydroxyl groups is 1. The third-order valence-electron chi connectivity index (χ3n) is 4.44. The Labute approximate surface area is 143 Å². The van der Waals surface area contributed by atoms with Gasteiger partial charge in [0.05, 0.1) is 0 Å². The van der Waals surface area contributed by atoms with Crippen molar-refractivity contribution >= 4 is 8.80 Å². The Kier molecular flexibility index (Phi) is 9.26. The van der Waals surface area contributed by atoms with Crippen LogP contribution in [0.3, 0.4) is 0 Å². The summed E-state index contributed by atoms with van der Waals surface area (Å²) in [5.41, 5.74) is -0.682. The van der Waals surface area contributed by atoms with Gasteiger partial charge in [0.1, 0.15) is 5.72 Å². The summed E-state index contributed by atoms with van der Waals surface area (Å²) in [6.07, 6.45) is 4.80. The quantitative estimate of drug-likeness (QED) is 0.443. The first-order valence-corrected chi connectivity index (χ1v) is 11.2. The predicted octanol–water partition coefficient (Wildman–Crippen LogP) is 3.30. The highest BCUT2D eigenvalue weighted by molar-refractivity contribution is 6.60. The number of nitrogens with one attached hydrogen (secondary N) is 1. The molecule has 0 aliphatic heterocycles. The van der Waals surface area contributed by atoms with Gasteiger partial charge in [-0.1, -0.05) is 0 Å². The summed E-state index contributed by atoms with van der Waals surface area (Å²) in [4.78, 5) is 0. The maximum absolute atomic E-state index is 10.6. The minimum absolute atomic E-state index is 0.311. The molecule has 2 N–H and O–H groups in total. The first-order valence-electron chi connectivity index (χ1n) is 9.30. The van der Waals surface area contributed by atoms with Gasteiger partial charge in [0.2, 0.25) is 0 Å². The van der Waals surface area contributed by atoms with Crippen molar-refractivity contribution in [1.82, 2.24) is 5.32 Å². The summed E-state index contributed by atoms with van der Waals surface area (Å²) in [5.74, 6) is 0.623. The van der Waals surface area contributed by atoms with Crippen molar-refractivity contribution in [2.45, 2.75) is 84.5 Å². The van der Waals surface area contributed by atoms with E-state index >= 15 is 0 Å². The fourth-order valence-corrected chi connectivity index (χ4v) is 6.27. The molecule has 0 aromatic carbocycles. The summed E-state index contributed by atoms with van der Waals surface area (Å²) >= 11 is 0. The lowest BCUT2D eigenvalue weighted by Gasteiger charge is -2.39. The van der Waals surface area contributed by atoms with Crippen LogP contribution in [0.4, 0.5) is 0 Å². The van der Waals surface area contributed by atoms with Crippen LogP contribution in [0.5, 0.6) is 0 Å². The molecule has 0 unspecified atom stereocenters. The highest BCUT2D eigenvalue weighted by Crippen LogP contribution is 2.35. The van der Waals surface area contributed by atoms with Crippen molar-refractivity contribution in [3.05, 3.63) is 0 Å². The first kappa shape index (κ1) is 21.1. The fraction of sp³-hybridized carbons (Fsp3) is 1.00. The molecule has 0 spiro atoms. The molecule has 0 heterocycles. The lowest BCUT2D eigenvalue weighted by molar-refractivity contribution is -0.0461. The second kappa shape index (κ2) is 10.1. The van der Waals surface area contributed by atoms with Gasteiger partial charge in [-0.25, -0.2) is 0 Å². The van der Waals surface area contributed by atoms with Crippen LogP contribution in [-0.2, 0) is 13.3 Å². The van der Waals surface area contributed by atoms with Crippen molar-refractivity contribution in [3.8, 4) is 0 Å². The minimum Gasteiger partial charge on any atom is -0.376 e. The Balaban J connectivity index is 2.49. The van der Waals surface area contributed by atoms with Crippen LogP contribution in [0.25, 0.3) is 0 Å². The van der Waals surface area contributed by atoms with E-state index in [4.69, 9.17) is 13.3 Å². The Morgan fingerprint density at radius 2 is 1.52 bits per heavy atom. The predicted molar refractivity (Wildman–Crippen MR) is 95.2 cm³/mol. The van der Waals surface area contributed by atoms with Gasteiger partial charge in [0.15, 0.2) is 0 Å². The lowest BCUT2D eigenvalue weighted by atomic mass is 9.82. The van der Waals surface area contributed by atoms with Gasteiger partial charge in [0.25, 0.3) is 0 Å². The van der Waals surface area contributed by atoms with Crippen LogP contribution < -0.4 is 5.32 Å². The third kappa shape index (κ3) is 7.19. The molecule has 23 heavy (non-hydrogen) atoms. The molecule has 5 nitrogen and oxygen atoms in total. The van der Waals surface area contributed by atoms with E-state index in [0.717, 1.165) is 38.1 Å². The van der Waals surface area contributed by atoms with Crippen LogP contribution in [0.2, 0.25) is 6.04 Å². The molecule has 1 rings (SSSR count). The van der Waals surface area contributed by atoms with E-state index in [-0.39, 0.29) is 0 Å². The van der Waals surface area contributed by atoms with Crippen molar-refractivity contribution in [1.29, 1.82) is 0 Å². The largest absolute Gasteiger partial charge is 0.500 e. The summed E-state index contributed by atoms with van der Waals surface area (Å²) < 4.78 is 17.8. The van der Waals surface area contributed by atoms with Gasteiger partial charge >= 0.3 is 8.80 Å². The highest BCUT2D eigenvalue weighted by atomic mass is 28.4. The summed E-state index contributed by atoms with van der Waals surface area (Å²) in [7, 11) is -2.52. The van der Waals surface area contributed by atoms with Crippen LogP contribution >= 0.6 is 0 Å². The normalized spacial score (nSPS) is 26.0. The average Bonchev–Trinajstić information content (AvgIpc) is 2.46. The fourth-order valence-electron chi connectivity index (χ4n) is 3.51. The number of hydrogen-bond donors (Lipinski definition) is 2. The molecule has 1 aliphatic rings. The summed E-state index contributed by atoms with van der Waals surface area (Å²) in [5, 5.41) is 13.9. The molecule has 0 radical (unpaired) electrons. The maximum Gasteiger partial charge on any atom is 0.500 e. The zero-order valence-corrected chi connectivity index (χ0v) is 16.7. The van der Waals surface area contributed by atoms with E-state index in [0.29, 0.717) is 31.8 Å². The van der Waals surface area contributed by atoms with E-state index in [2.05, 4.69) is 19.2 Å². The average molecular weight is 348 g/mol. The molecule has 0 amide bonds. The van der Waals surface area contributed by atoms with Crippen molar-refractivity contribution < 1.29 is 18.4 Å². The Morgan fingerprint density at radius 1 is 1.04 bits per heavy atom. The van der Waals surface area contributed by atoms with E-state index in [1.54, 1.807) is 0 Å². The summed E-state index contributed by atoms with van der Waals surface area (Å²) in [6.45, 7) is 12.1. The van der Waals surface area contributed by atoms with Gasteiger partial charge in [-0.2, -0.15) is 0 Å². The first-order chi connectivity index (χ1) is 10.9. The SMILES string of the molecule is CCO[Si](CCC1CCC(O)(NC(C)C)CC1)(OCC)OCC. The Hall–Kier alpha value is 0.0169. The molecule has 0 saturated heterocycles. The molecule has 6 heteroatoms. The van der Waals surface area contributed by atoms with Crippen LogP contribution in [0.1, 0.15) is 66.7 Å². The monoisotopic (exact) mass is 347 g/mol. The molecule has 0 aromatic rings. The maximum atomic E-state index is 10.6. The second-order valence-electron chi connectivity index (χ2n) is 6.79. The molecule has 0 bridgehead atoms. The van der Waals surface area contributed by atoms with E-state index in [1.807, 2.05) is 20.8 Å². The van der Waals surface area contributed by atoms with Gasteiger partial charge < -0.3 is 18.4 Å². The molecule has 138 valence electrons. The van der Waals surface area contributed by atoms with E-state index in [1.165, 1.54) is 0 Å². The van der Waals surface area contributed by atoms with Crippen LogP contribution in [0, 0.1) is 5.92 Å². The Bertz CT molecular complexity index is 303. The van der Waals surface area contributed by atoms with Crippen molar-refractivity contribution in [2.24, 2.45) is 5.92 Å². The van der Waals surface area contributed by atoms with Gasteiger partial charge in [0, 0.05) is 31.9 Å². The van der Waals surface area contributed by atoms with Crippen LogP contribution in [-0.4, -0.2) is 45.5 Å². The molecule has 1 aliphatic carbocycles. The molecule has 1 fully saturated rings. The molecule has 0 aromatic heterocycles. The van der Waals surface area contributed by atoms with Gasteiger partial charge in [-0.3, -0.25) is 5.32 Å². The topological polar surface area (TPSA) is 60.0 Å². The molecule has 0 atom stereocenters. The summed E-state index contributed by atoms with van der Waals surface area (Å²) in [6, 6.07) is 1.19. The smallest absolute Gasteiger partial charge is 0.376 e. The molecular weight excluding hydrogens is 310 g/mol. The Morgan fingerprint density at radius 3 is 1.91 bits per heavy atom. The van der Waals surface area contributed by atoms with Crippen molar-refractivity contribution in [2.75, 3.05) is 19.8 Å². The standard InChI is InChI=1S/C17H37NO4Si/c1-6-20-23(21-7-2,22-8-3)14-11-16-9-12-17(19,13-10-16)18-15(4)5/h15-16,18-19H,6-14H2,1-5H3. The van der Waals surface area contributed by atoms with Gasteiger partial charge in [-0.05, 0) is 72.6 Å². The minimum atomic E-state index is -2.52. The van der Waals surface area contributed by atoms with Gasteiger partial charge in [-0.15, -0.1) is 0 Å². The zero-order chi connectivity index (χ0) is 17.3. The van der Waals surface area contributed by atoms with E-state index < -0.39 is 14.5 Å². The zero-order valence-electron chi connectivity index (χ0n) is 15.7. The van der Waals surface area contributed by atoms with Crippen molar-refractivity contribution in [3.63, 3.8) is 0 Å². The third-order valence-corrected chi connectivity index (χ3v) is 7.53. The van der Waals surface area contributed by atoms with E-state index in [9.17, 15) is 5.11 Å². The van der Waals surface area contributed by atoms with Crippen LogP contribution in [0.15, 0.2) is 0 Å². The molecule has 1 saturated carbocycles.